The predicted octanol–water partition coefficient (Wildman–Crippen LogP) is 2.67. The second kappa shape index (κ2) is 5.35. The van der Waals surface area contributed by atoms with Gasteiger partial charge in [-0.3, -0.25) is 4.79 Å². The molecule has 0 aliphatic rings. The monoisotopic (exact) mass is 263 g/mol. The molecular formula is C13H17N3OS. The largest absolute Gasteiger partial charge is 0.354 e. The molecule has 18 heavy (non-hydrogen) atoms. The summed E-state index contributed by atoms with van der Waals surface area (Å²) in [5.74, 6) is -0.0323. The molecule has 0 radical (unpaired) electrons. The van der Waals surface area contributed by atoms with Crippen molar-refractivity contribution < 1.29 is 4.79 Å². The molecule has 5 heteroatoms. The van der Waals surface area contributed by atoms with Gasteiger partial charge in [0.1, 0.15) is 5.01 Å². The highest BCUT2D eigenvalue weighted by molar-refractivity contribution is 7.09. The number of nitrogens with zero attached hydrogens (tertiary/aromatic N) is 2. The number of amides is 1. The van der Waals surface area contributed by atoms with Crippen molar-refractivity contribution in [3.63, 3.8) is 0 Å². The van der Waals surface area contributed by atoms with Crippen LogP contribution in [0.2, 0.25) is 0 Å². The molecule has 2 rings (SSSR count). The SMILES string of the molecule is CCC(NC(=O)c1ccn(C)c1C)c1nccs1. The molecule has 2 aromatic heterocycles. The molecule has 0 aliphatic heterocycles. The molecule has 0 saturated heterocycles. The fraction of sp³-hybridized carbons (Fsp3) is 0.385. The summed E-state index contributed by atoms with van der Waals surface area (Å²) < 4.78 is 1.94. The number of hydrogen-bond acceptors (Lipinski definition) is 3. The van der Waals surface area contributed by atoms with Gasteiger partial charge in [0.2, 0.25) is 0 Å². The number of nitrogens with one attached hydrogen (secondary N) is 1. The maximum atomic E-state index is 12.2. The summed E-state index contributed by atoms with van der Waals surface area (Å²) >= 11 is 1.57. The summed E-state index contributed by atoms with van der Waals surface area (Å²) in [5, 5.41) is 5.92. The van der Waals surface area contributed by atoms with Crippen molar-refractivity contribution in [3.05, 3.63) is 40.1 Å². The molecule has 1 atom stereocenters. The van der Waals surface area contributed by atoms with E-state index in [1.165, 1.54) is 0 Å². The Labute approximate surface area is 111 Å². The number of rotatable bonds is 4. The zero-order chi connectivity index (χ0) is 13.1. The van der Waals surface area contributed by atoms with Crippen LogP contribution < -0.4 is 5.32 Å². The van der Waals surface area contributed by atoms with Crippen molar-refractivity contribution in [3.8, 4) is 0 Å². The Morgan fingerprint density at radius 3 is 2.89 bits per heavy atom. The van der Waals surface area contributed by atoms with Crippen molar-refractivity contribution in [2.24, 2.45) is 7.05 Å². The van der Waals surface area contributed by atoms with Crippen LogP contribution in [0.5, 0.6) is 0 Å². The third-order valence-corrected chi connectivity index (χ3v) is 3.98. The number of hydrogen-bond donors (Lipinski definition) is 1. The number of carbonyl (C=O) groups is 1. The van der Waals surface area contributed by atoms with Crippen LogP contribution in [-0.2, 0) is 7.05 Å². The maximum absolute atomic E-state index is 12.2. The molecule has 0 bridgehead atoms. The van der Waals surface area contributed by atoms with Gasteiger partial charge >= 0.3 is 0 Å². The van der Waals surface area contributed by atoms with Crippen molar-refractivity contribution >= 4 is 17.2 Å². The minimum absolute atomic E-state index is 0.00268. The predicted molar refractivity (Wildman–Crippen MR) is 72.8 cm³/mol. The van der Waals surface area contributed by atoms with E-state index >= 15 is 0 Å². The number of aryl methyl sites for hydroxylation is 1. The summed E-state index contributed by atoms with van der Waals surface area (Å²) in [6.45, 7) is 3.99. The maximum Gasteiger partial charge on any atom is 0.253 e. The Morgan fingerprint density at radius 2 is 2.39 bits per heavy atom. The number of thiazole rings is 1. The summed E-state index contributed by atoms with van der Waals surface area (Å²) in [6.07, 6.45) is 4.50. The van der Waals surface area contributed by atoms with Crippen LogP contribution in [-0.4, -0.2) is 15.5 Å². The normalized spacial score (nSPS) is 12.4. The molecule has 0 fully saturated rings. The van der Waals surface area contributed by atoms with E-state index < -0.39 is 0 Å². The molecule has 0 aromatic carbocycles. The van der Waals surface area contributed by atoms with Gasteiger partial charge in [0.25, 0.3) is 5.91 Å². The third-order valence-electron chi connectivity index (χ3n) is 3.09. The van der Waals surface area contributed by atoms with Crippen molar-refractivity contribution in [2.45, 2.75) is 26.3 Å². The van der Waals surface area contributed by atoms with Gasteiger partial charge < -0.3 is 9.88 Å². The first kappa shape index (κ1) is 12.8. The highest BCUT2D eigenvalue weighted by atomic mass is 32.1. The summed E-state index contributed by atoms with van der Waals surface area (Å²) in [5.41, 5.74) is 1.70. The molecule has 1 unspecified atom stereocenters. The zero-order valence-electron chi connectivity index (χ0n) is 10.8. The number of carbonyl (C=O) groups excluding carboxylic acids is 1. The van der Waals surface area contributed by atoms with E-state index in [2.05, 4.69) is 10.3 Å². The fourth-order valence-corrected chi connectivity index (χ4v) is 2.60. The van der Waals surface area contributed by atoms with E-state index in [-0.39, 0.29) is 11.9 Å². The van der Waals surface area contributed by atoms with Crippen LogP contribution in [0.4, 0.5) is 0 Å². The summed E-state index contributed by atoms with van der Waals surface area (Å²) in [4.78, 5) is 16.5. The molecule has 0 aliphatic carbocycles. The van der Waals surface area contributed by atoms with Gasteiger partial charge in [0, 0.05) is 30.5 Å². The van der Waals surface area contributed by atoms with Gasteiger partial charge in [0.15, 0.2) is 0 Å². The lowest BCUT2D eigenvalue weighted by Crippen LogP contribution is -2.28. The van der Waals surface area contributed by atoms with E-state index in [1.807, 2.05) is 43.1 Å². The van der Waals surface area contributed by atoms with E-state index in [0.29, 0.717) is 0 Å². The smallest absolute Gasteiger partial charge is 0.253 e. The van der Waals surface area contributed by atoms with Crippen LogP contribution in [0.15, 0.2) is 23.8 Å². The van der Waals surface area contributed by atoms with Crippen LogP contribution >= 0.6 is 11.3 Å². The third kappa shape index (κ3) is 2.46. The lowest BCUT2D eigenvalue weighted by Gasteiger charge is -2.14. The molecule has 1 N–H and O–H groups in total. The molecule has 0 saturated carbocycles. The van der Waals surface area contributed by atoms with E-state index in [1.54, 1.807) is 17.5 Å². The molecule has 2 heterocycles. The molecular weight excluding hydrogens is 246 g/mol. The van der Waals surface area contributed by atoms with Crippen LogP contribution in [0.1, 0.15) is 40.4 Å². The van der Waals surface area contributed by atoms with E-state index in [9.17, 15) is 4.79 Å². The molecule has 1 amide bonds. The van der Waals surface area contributed by atoms with Crippen LogP contribution in [0.3, 0.4) is 0 Å². The fourth-order valence-electron chi connectivity index (χ4n) is 1.83. The molecule has 0 spiro atoms. The van der Waals surface area contributed by atoms with Gasteiger partial charge in [-0.05, 0) is 19.4 Å². The quantitative estimate of drug-likeness (QED) is 0.922. The Morgan fingerprint density at radius 1 is 1.61 bits per heavy atom. The Kier molecular flexibility index (Phi) is 3.81. The zero-order valence-corrected chi connectivity index (χ0v) is 11.6. The highest BCUT2D eigenvalue weighted by Gasteiger charge is 2.18. The van der Waals surface area contributed by atoms with E-state index in [0.717, 1.165) is 22.7 Å². The first-order valence-corrected chi connectivity index (χ1v) is 6.83. The molecule has 4 nitrogen and oxygen atoms in total. The van der Waals surface area contributed by atoms with Crippen LogP contribution in [0.25, 0.3) is 0 Å². The van der Waals surface area contributed by atoms with Gasteiger partial charge in [-0.2, -0.15) is 0 Å². The first-order chi connectivity index (χ1) is 8.63. The van der Waals surface area contributed by atoms with Gasteiger partial charge in [-0.15, -0.1) is 11.3 Å². The minimum atomic E-state index is -0.0323. The highest BCUT2D eigenvalue weighted by Crippen LogP contribution is 2.20. The Bertz CT molecular complexity index is 530. The van der Waals surface area contributed by atoms with Crippen LogP contribution in [0, 0.1) is 6.92 Å². The average molecular weight is 263 g/mol. The van der Waals surface area contributed by atoms with Crippen molar-refractivity contribution in [1.29, 1.82) is 0 Å². The summed E-state index contributed by atoms with van der Waals surface area (Å²) in [6, 6.07) is 1.84. The lowest BCUT2D eigenvalue weighted by atomic mass is 10.2. The van der Waals surface area contributed by atoms with Gasteiger partial charge in [-0.1, -0.05) is 6.92 Å². The van der Waals surface area contributed by atoms with E-state index in [4.69, 9.17) is 0 Å². The Hall–Kier alpha value is -1.62. The second-order valence-electron chi connectivity index (χ2n) is 4.23. The van der Waals surface area contributed by atoms with Gasteiger partial charge in [-0.25, -0.2) is 4.98 Å². The van der Waals surface area contributed by atoms with Crippen molar-refractivity contribution in [2.75, 3.05) is 0 Å². The van der Waals surface area contributed by atoms with Crippen molar-refractivity contribution in [1.82, 2.24) is 14.9 Å². The summed E-state index contributed by atoms with van der Waals surface area (Å²) in [7, 11) is 1.93. The first-order valence-electron chi connectivity index (χ1n) is 5.95. The molecule has 2 aromatic rings. The second-order valence-corrected chi connectivity index (χ2v) is 5.16. The lowest BCUT2D eigenvalue weighted by molar-refractivity contribution is 0.0935. The standard InChI is InChI=1S/C13H17N3OS/c1-4-11(13-14-6-8-18-13)15-12(17)10-5-7-16(3)9(10)2/h5-8,11H,4H2,1-3H3,(H,15,17). The Balaban J connectivity index is 2.13. The minimum Gasteiger partial charge on any atom is -0.354 e. The number of aromatic nitrogens is 2. The topological polar surface area (TPSA) is 46.9 Å². The average Bonchev–Trinajstić information content (AvgIpc) is 2.98. The van der Waals surface area contributed by atoms with Gasteiger partial charge in [0.05, 0.1) is 11.6 Å². The molecule has 96 valence electrons.